The summed E-state index contributed by atoms with van der Waals surface area (Å²) in [5, 5.41) is 10.5. The molecular formula is C25H30N6OS. The van der Waals surface area contributed by atoms with Crippen molar-refractivity contribution >= 4 is 28.5 Å². The fourth-order valence-corrected chi connectivity index (χ4v) is 5.27. The van der Waals surface area contributed by atoms with Crippen molar-refractivity contribution in [3.63, 3.8) is 0 Å². The number of benzene rings is 2. The Morgan fingerprint density at radius 2 is 1.82 bits per heavy atom. The van der Waals surface area contributed by atoms with E-state index < -0.39 is 0 Å². The number of hydrazine groups is 1. The molecule has 1 saturated heterocycles. The highest BCUT2D eigenvalue weighted by atomic mass is 32.2. The highest BCUT2D eigenvalue weighted by Gasteiger charge is 2.44. The lowest BCUT2D eigenvalue weighted by Crippen LogP contribution is -2.54. The van der Waals surface area contributed by atoms with Crippen molar-refractivity contribution < 1.29 is 4.79 Å². The van der Waals surface area contributed by atoms with E-state index in [4.69, 9.17) is 0 Å². The minimum atomic E-state index is -0.0330. The first-order valence-electron chi connectivity index (χ1n) is 11.3. The largest absolute Gasteiger partial charge is 0.325 e. The lowest BCUT2D eigenvalue weighted by atomic mass is 9.97. The first-order valence-corrected chi connectivity index (χ1v) is 12.3. The van der Waals surface area contributed by atoms with Crippen molar-refractivity contribution in [1.82, 2.24) is 20.8 Å². The van der Waals surface area contributed by atoms with Gasteiger partial charge >= 0.3 is 0 Å². The summed E-state index contributed by atoms with van der Waals surface area (Å²) in [6, 6.07) is 13.2. The Bertz CT molecular complexity index is 1150. The maximum Gasteiger partial charge on any atom is 0.234 e. The molecule has 0 radical (unpaired) electrons. The van der Waals surface area contributed by atoms with E-state index in [0.29, 0.717) is 5.75 Å². The van der Waals surface area contributed by atoms with Crippen LogP contribution in [0.1, 0.15) is 40.3 Å². The number of thioether (sulfide) groups is 1. The molecule has 3 unspecified atom stereocenters. The summed E-state index contributed by atoms with van der Waals surface area (Å²) in [6.07, 6.45) is 5.12. The van der Waals surface area contributed by atoms with Crippen LogP contribution in [-0.4, -0.2) is 38.9 Å². The van der Waals surface area contributed by atoms with E-state index in [0.717, 1.165) is 17.3 Å². The van der Waals surface area contributed by atoms with Crippen molar-refractivity contribution in [2.75, 3.05) is 11.1 Å². The third kappa shape index (κ3) is 4.32. The van der Waals surface area contributed by atoms with Crippen LogP contribution in [0.25, 0.3) is 0 Å². The number of rotatable bonds is 4. The average Bonchev–Trinajstić information content (AvgIpc) is 3.40. The monoisotopic (exact) mass is 462 g/mol. The fraction of sp³-hybridized carbons (Fsp3) is 0.360. The third-order valence-corrected chi connectivity index (χ3v) is 7.73. The first-order chi connectivity index (χ1) is 15.9. The van der Waals surface area contributed by atoms with Crippen LogP contribution < -0.4 is 16.2 Å². The Hall–Kier alpha value is -2.97. The molecule has 0 saturated carbocycles. The first kappa shape index (κ1) is 21.9. The number of carbonyl (C=O) groups is 1. The van der Waals surface area contributed by atoms with Gasteiger partial charge in [-0.3, -0.25) is 10.2 Å². The number of amides is 1. The number of amidine groups is 1. The minimum Gasteiger partial charge on any atom is -0.325 e. The number of anilines is 1. The lowest BCUT2D eigenvalue weighted by Gasteiger charge is -2.36. The molecule has 7 nitrogen and oxygen atoms in total. The van der Waals surface area contributed by atoms with E-state index in [9.17, 15) is 4.79 Å². The van der Waals surface area contributed by atoms with Gasteiger partial charge in [-0.15, -0.1) is 0 Å². The van der Waals surface area contributed by atoms with Crippen molar-refractivity contribution in [2.45, 2.75) is 52.4 Å². The predicted octanol–water partition coefficient (Wildman–Crippen LogP) is 3.90. The van der Waals surface area contributed by atoms with Crippen LogP contribution >= 0.6 is 11.8 Å². The van der Waals surface area contributed by atoms with Gasteiger partial charge in [0.05, 0.1) is 17.8 Å². The number of hydrogen-bond donors (Lipinski definition) is 3. The number of fused-ring (bicyclic) bond motifs is 3. The van der Waals surface area contributed by atoms with Crippen LogP contribution in [0.2, 0.25) is 0 Å². The quantitative estimate of drug-likeness (QED) is 0.640. The number of hydrazone groups is 1. The van der Waals surface area contributed by atoms with Crippen molar-refractivity contribution in [3.05, 3.63) is 76.6 Å². The molecule has 0 aromatic heterocycles. The molecule has 5 rings (SSSR count). The summed E-state index contributed by atoms with van der Waals surface area (Å²) in [5.74, 6) is 0.275. The summed E-state index contributed by atoms with van der Waals surface area (Å²) in [6.45, 7) is 8.42. The van der Waals surface area contributed by atoms with Gasteiger partial charge in [-0.2, -0.15) is 5.10 Å². The maximum atomic E-state index is 12.5. The van der Waals surface area contributed by atoms with E-state index >= 15 is 0 Å². The van der Waals surface area contributed by atoms with Gasteiger partial charge in [0.2, 0.25) is 5.91 Å². The second-order valence-corrected chi connectivity index (χ2v) is 9.99. The van der Waals surface area contributed by atoms with Crippen LogP contribution in [0.3, 0.4) is 0 Å². The van der Waals surface area contributed by atoms with Gasteiger partial charge in [0.1, 0.15) is 6.17 Å². The summed E-state index contributed by atoms with van der Waals surface area (Å²) in [5.41, 5.74) is 14.1. The molecule has 33 heavy (non-hydrogen) atoms. The number of aryl methyl sites for hydroxylation is 4. The van der Waals surface area contributed by atoms with Crippen molar-refractivity contribution in [1.29, 1.82) is 0 Å². The fourth-order valence-electron chi connectivity index (χ4n) is 4.50. The molecule has 1 fully saturated rings. The van der Waals surface area contributed by atoms with Gasteiger partial charge < -0.3 is 15.2 Å². The molecule has 2 aromatic rings. The number of carbonyl (C=O) groups excluding carboxylic acids is 1. The number of hydrogen-bond acceptors (Lipinski definition) is 7. The molecule has 0 aliphatic carbocycles. The second kappa shape index (κ2) is 8.76. The van der Waals surface area contributed by atoms with Gasteiger partial charge in [0, 0.05) is 18.1 Å². The topological polar surface area (TPSA) is 72.0 Å². The average molecular weight is 463 g/mol. The lowest BCUT2D eigenvalue weighted by molar-refractivity contribution is -0.113. The minimum absolute atomic E-state index is 0.0330. The SMILES string of the molecule is Cc1ccc(NC(=O)CSC2=NNC3C4CC(c5ccc(C)c(C)c5)NN4C=CN23)cc1C. The Balaban J connectivity index is 1.19. The zero-order chi connectivity index (χ0) is 23.1. The summed E-state index contributed by atoms with van der Waals surface area (Å²) >= 11 is 1.45. The van der Waals surface area contributed by atoms with E-state index in [-0.39, 0.29) is 24.2 Å². The van der Waals surface area contributed by atoms with E-state index in [2.05, 4.69) is 76.3 Å². The smallest absolute Gasteiger partial charge is 0.234 e. The molecule has 3 aliphatic heterocycles. The Morgan fingerprint density at radius 3 is 2.58 bits per heavy atom. The van der Waals surface area contributed by atoms with Gasteiger partial charge in [0.15, 0.2) is 5.17 Å². The van der Waals surface area contributed by atoms with E-state index in [1.165, 1.54) is 39.6 Å². The zero-order valence-electron chi connectivity index (χ0n) is 19.4. The Labute approximate surface area is 199 Å². The van der Waals surface area contributed by atoms with Crippen LogP contribution in [0.5, 0.6) is 0 Å². The molecule has 172 valence electrons. The second-order valence-electron chi connectivity index (χ2n) is 9.05. The normalized spacial score (nSPS) is 23.2. The standard InChI is InChI=1S/C25H30N6OS/c1-15-5-7-19(11-17(15)3)21-13-22-24-27-28-25(30(24)9-10-31(22)29-21)33-14-23(32)26-20-8-6-16(2)18(4)12-20/h5-12,21-22,24,27,29H,13-14H2,1-4H3,(H,26,32). The highest BCUT2D eigenvalue weighted by Crippen LogP contribution is 2.35. The summed E-state index contributed by atoms with van der Waals surface area (Å²) in [7, 11) is 0. The van der Waals surface area contributed by atoms with Crippen LogP contribution in [0.15, 0.2) is 53.9 Å². The number of nitrogens with one attached hydrogen (secondary N) is 3. The van der Waals surface area contributed by atoms with Crippen LogP contribution in [-0.2, 0) is 4.79 Å². The summed E-state index contributed by atoms with van der Waals surface area (Å²) in [4.78, 5) is 14.6. The number of nitrogens with zero attached hydrogens (tertiary/aromatic N) is 3. The molecule has 3 atom stereocenters. The molecule has 0 bridgehead atoms. The van der Waals surface area contributed by atoms with Crippen LogP contribution in [0, 0.1) is 27.7 Å². The molecule has 3 aliphatic rings. The van der Waals surface area contributed by atoms with E-state index in [1.54, 1.807) is 0 Å². The molecule has 8 heteroatoms. The predicted molar refractivity (Wildman–Crippen MR) is 134 cm³/mol. The molecule has 2 aromatic carbocycles. The Morgan fingerprint density at radius 1 is 1.06 bits per heavy atom. The van der Waals surface area contributed by atoms with Crippen molar-refractivity contribution in [3.8, 4) is 0 Å². The highest BCUT2D eigenvalue weighted by molar-refractivity contribution is 8.14. The third-order valence-electron chi connectivity index (χ3n) is 6.76. The molecular weight excluding hydrogens is 432 g/mol. The Kier molecular flexibility index (Phi) is 5.80. The van der Waals surface area contributed by atoms with Gasteiger partial charge in [-0.25, -0.2) is 5.43 Å². The molecule has 3 heterocycles. The van der Waals surface area contributed by atoms with Gasteiger partial charge in [-0.05, 0) is 74.1 Å². The summed E-state index contributed by atoms with van der Waals surface area (Å²) < 4.78 is 0. The van der Waals surface area contributed by atoms with Gasteiger partial charge in [-0.1, -0.05) is 36.0 Å². The van der Waals surface area contributed by atoms with E-state index in [1.807, 2.05) is 31.3 Å². The maximum absolute atomic E-state index is 12.5. The molecule has 1 amide bonds. The van der Waals surface area contributed by atoms with Crippen molar-refractivity contribution in [2.24, 2.45) is 5.10 Å². The van der Waals surface area contributed by atoms with Crippen LogP contribution in [0.4, 0.5) is 5.69 Å². The molecule has 0 spiro atoms. The molecule has 3 N–H and O–H groups in total. The zero-order valence-corrected chi connectivity index (χ0v) is 20.2. The van der Waals surface area contributed by atoms with Gasteiger partial charge in [0.25, 0.3) is 0 Å².